The molecule has 0 aliphatic rings. The van der Waals surface area contributed by atoms with E-state index in [1.807, 2.05) is 25.1 Å². The van der Waals surface area contributed by atoms with Crippen molar-refractivity contribution in [2.24, 2.45) is 0 Å². The third-order valence-corrected chi connectivity index (χ3v) is 4.33. The molecule has 138 valence electrons. The fourth-order valence-electron chi connectivity index (χ4n) is 2.89. The van der Waals surface area contributed by atoms with E-state index in [9.17, 15) is 9.50 Å². The van der Waals surface area contributed by atoms with Crippen molar-refractivity contribution in [3.8, 4) is 17.0 Å². The SMILES string of the molecule is Br.C[C@@H](Nc1ncnc2[nH]c(-c3ccc(O)cc3)cc12)c1ccc(F)cc1. The lowest BCUT2D eigenvalue weighted by Crippen LogP contribution is -2.08. The van der Waals surface area contributed by atoms with Gasteiger partial charge in [-0.1, -0.05) is 12.1 Å². The molecule has 0 amide bonds. The topological polar surface area (TPSA) is 73.8 Å². The number of nitrogens with zero attached hydrogens (tertiary/aromatic N) is 2. The normalized spacial score (nSPS) is 11.8. The van der Waals surface area contributed by atoms with Crippen molar-refractivity contribution in [2.75, 3.05) is 5.32 Å². The molecule has 0 aliphatic carbocycles. The van der Waals surface area contributed by atoms with E-state index in [1.165, 1.54) is 18.5 Å². The van der Waals surface area contributed by atoms with Gasteiger partial charge in [0.1, 0.15) is 29.4 Å². The summed E-state index contributed by atoms with van der Waals surface area (Å²) < 4.78 is 13.1. The zero-order valence-electron chi connectivity index (χ0n) is 14.5. The Morgan fingerprint density at radius 2 is 1.74 bits per heavy atom. The molecule has 27 heavy (non-hydrogen) atoms. The Labute approximate surface area is 166 Å². The van der Waals surface area contributed by atoms with Crippen molar-refractivity contribution < 1.29 is 9.50 Å². The Kier molecular flexibility index (Phi) is 5.41. The first-order valence-corrected chi connectivity index (χ1v) is 8.25. The second kappa shape index (κ2) is 7.75. The van der Waals surface area contributed by atoms with Crippen LogP contribution in [0, 0.1) is 5.82 Å². The van der Waals surface area contributed by atoms with Crippen molar-refractivity contribution in [3.63, 3.8) is 0 Å². The predicted octanol–water partition coefficient (Wildman–Crippen LogP) is 5.22. The highest BCUT2D eigenvalue weighted by molar-refractivity contribution is 8.93. The smallest absolute Gasteiger partial charge is 0.143 e. The lowest BCUT2D eigenvalue weighted by atomic mass is 10.1. The van der Waals surface area contributed by atoms with Crippen molar-refractivity contribution in [2.45, 2.75) is 13.0 Å². The van der Waals surface area contributed by atoms with Gasteiger partial charge in [0, 0.05) is 11.7 Å². The molecule has 1 atom stereocenters. The molecule has 0 saturated heterocycles. The number of anilines is 1. The number of H-pyrrole nitrogens is 1. The zero-order chi connectivity index (χ0) is 18.1. The molecular weight excluding hydrogens is 411 g/mol. The molecule has 0 aliphatic heterocycles. The molecule has 0 spiro atoms. The van der Waals surface area contributed by atoms with Gasteiger partial charge in [0.25, 0.3) is 0 Å². The Hall–Kier alpha value is -2.93. The molecule has 2 aromatic heterocycles. The second-order valence-electron chi connectivity index (χ2n) is 6.13. The fourth-order valence-corrected chi connectivity index (χ4v) is 2.89. The van der Waals surface area contributed by atoms with Crippen LogP contribution < -0.4 is 5.32 Å². The number of benzene rings is 2. The minimum atomic E-state index is -0.255. The number of nitrogens with one attached hydrogen (secondary N) is 2. The number of halogens is 2. The van der Waals surface area contributed by atoms with Crippen molar-refractivity contribution in [3.05, 3.63) is 72.3 Å². The number of aromatic hydroxyl groups is 1. The van der Waals surface area contributed by atoms with Crippen LogP contribution in [-0.2, 0) is 0 Å². The Morgan fingerprint density at radius 3 is 2.44 bits per heavy atom. The van der Waals surface area contributed by atoms with Crippen LogP contribution in [0.5, 0.6) is 5.75 Å². The molecule has 0 radical (unpaired) electrons. The van der Waals surface area contributed by atoms with Gasteiger partial charge >= 0.3 is 0 Å². The van der Waals surface area contributed by atoms with Gasteiger partial charge in [-0.2, -0.15) is 0 Å². The van der Waals surface area contributed by atoms with E-state index in [-0.39, 0.29) is 34.6 Å². The Bertz CT molecular complexity index is 1050. The maximum atomic E-state index is 13.1. The van der Waals surface area contributed by atoms with Gasteiger partial charge in [0.15, 0.2) is 0 Å². The number of phenols is 1. The van der Waals surface area contributed by atoms with Gasteiger partial charge in [-0.3, -0.25) is 0 Å². The highest BCUT2D eigenvalue weighted by Crippen LogP contribution is 2.29. The minimum Gasteiger partial charge on any atom is -0.508 e. The summed E-state index contributed by atoms with van der Waals surface area (Å²) in [5.74, 6) is 0.669. The van der Waals surface area contributed by atoms with Crippen molar-refractivity contribution in [1.82, 2.24) is 15.0 Å². The monoisotopic (exact) mass is 428 g/mol. The number of phenolic OH excluding ortho intramolecular Hbond substituents is 1. The largest absolute Gasteiger partial charge is 0.508 e. The van der Waals surface area contributed by atoms with Crippen LogP contribution in [0.25, 0.3) is 22.3 Å². The maximum absolute atomic E-state index is 13.1. The van der Waals surface area contributed by atoms with Crippen LogP contribution in [0.15, 0.2) is 60.9 Å². The standard InChI is InChI=1S/C20H17FN4O.BrH/c1-12(13-2-6-15(21)7-3-13)24-19-17-10-18(25-20(17)23-11-22-19)14-4-8-16(26)9-5-14;/h2-12,26H,1H3,(H2,22,23,24,25);1H/t12-;/m1./s1. The predicted molar refractivity (Wildman–Crippen MR) is 110 cm³/mol. The third kappa shape index (κ3) is 3.93. The fraction of sp³-hybridized carbons (Fsp3) is 0.100. The number of fused-ring (bicyclic) bond motifs is 1. The molecule has 2 heterocycles. The van der Waals surface area contributed by atoms with Gasteiger partial charge in [0.2, 0.25) is 0 Å². The van der Waals surface area contributed by atoms with Gasteiger partial charge in [-0.05, 0) is 60.5 Å². The molecule has 0 saturated carbocycles. The third-order valence-electron chi connectivity index (χ3n) is 4.33. The van der Waals surface area contributed by atoms with E-state index < -0.39 is 0 Å². The number of hydrogen-bond acceptors (Lipinski definition) is 4. The van der Waals surface area contributed by atoms with E-state index in [4.69, 9.17) is 0 Å². The van der Waals surface area contributed by atoms with Gasteiger partial charge in [-0.25, -0.2) is 14.4 Å². The average molecular weight is 429 g/mol. The first-order chi connectivity index (χ1) is 12.6. The molecular formula is C20H18BrFN4O. The summed E-state index contributed by atoms with van der Waals surface area (Å²) in [5.41, 5.74) is 3.51. The summed E-state index contributed by atoms with van der Waals surface area (Å²) in [6.07, 6.45) is 1.50. The molecule has 0 unspecified atom stereocenters. The van der Waals surface area contributed by atoms with E-state index in [0.29, 0.717) is 5.82 Å². The van der Waals surface area contributed by atoms with Gasteiger partial charge < -0.3 is 15.4 Å². The summed E-state index contributed by atoms with van der Waals surface area (Å²) in [6, 6.07) is 15.3. The summed E-state index contributed by atoms with van der Waals surface area (Å²) in [7, 11) is 0. The van der Waals surface area contributed by atoms with E-state index in [2.05, 4.69) is 20.3 Å². The van der Waals surface area contributed by atoms with Crippen LogP contribution in [0.2, 0.25) is 0 Å². The first kappa shape index (κ1) is 18.8. The molecule has 5 nitrogen and oxygen atoms in total. The molecule has 0 fully saturated rings. The van der Waals surface area contributed by atoms with Crippen molar-refractivity contribution >= 4 is 33.8 Å². The van der Waals surface area contributed by atoms with Crippen LogP contribution in [-0.4, -0.2) is 20.1 Å². The highest BCUT2D eigenvalue weighted by atomic mass is 79.9. The lowest BCUT2D eigenvalue weighted by molar-refractivity contribution is 0.475. The second-order valence-corrected chi connectivity index (χ2v) is 6.13. The average Bonchev–Trinajstić information content (AvgIpc) is 3.08. The van der Waals surface area contributed by atoms with Crippen LogP contribution in [0.3, 0.4) is 0 Å². The minimum absolute atomic E-state index is 0. The first-order valence-electron chi connectivity index (χ1n) is 8.25. The Balaban J connectivity index is 0.00000210. The zero-order valence-corrected chi connectivity index (χ0v) is 16.2. The molecule has 2 aromatic carbocycles. The summed E-state index contributed by atoms with van der Waals surface area (Å²) in [4.78, 5) is 11.9. The molecule has 0 bridgehead atoms. The lowest BCUT2D eigenvalue weighted by Gasteiger charge is -2.15. The Morgan fingerprint density at radius 1 is 1.04 bits per heavy atom. The van der Waals surface area contributed by atoms with Gasteiger partial charge in [-0.15, -0.1) is 17.0 Å². The molecule has 7 heteroatoms. The highest BCUT2D eigenvalue weighted by Gasteiger charge is 2.12. The number of aromatic amines is 1. The molecule has 4 aromatic rings. The van der Waals surface area contributed by atoms with E-state index in [1.54, 1.807) is 24.3 Å². The summed E-state index contributed by atoms with van der Waals surface area (Å²) in [6.45, 7) is 1.99. The number of rotatable bonds is 4. The quantitative estimate of drug-likeness (QED) is 0.416. The summed E-state index contributed by atoms with van der Waals surface area (Å²) in [5, 5.41) is 13.7. The number of hydrogen-bond donors (Lipinski definition) is 3. The van der Waals surface area contributed by atoms with Crippen molar-refractivity contribution in [1.29, 1.82) is 0 Å². The molecule has 4 rings (SSSR count). The maximum Gasteiger partial charge on any atom is 0.143 e. The van der Waals surface area contributed by atoms with E-state index >= 15 is 0 Å². The number of aromatic nitrogens is 3. The van der Waals surface area contributed by atoms with Crippen LogP contribution in [0.1, 0.15) is 18.5 Å². The molecule has 3 N–H and O–H groups in total. The van der Waals surface area contributed by atoms with Crippen LogP contribution >= 0.6 is 17.0 Å². The van der Waals surface area contributed by atoms with Gasteiger partial charge in [0.05, 0.1) is 5.39 Å². The van der Waals surface area contributed by atoms with E-state index in [0.717, 1.165) is 27.9 Å². The van der Waals surface area contributed by atoms with Crippen LogP contribution in [0.4, 0.5) is 10.2 Å². The summed E-state index contributed by atoms with van der Waals surface area (Å²) >= 11 is 0.